The van der Waals surface area contributed by atoms with E-state index in [0.717, 1.165) is 122 Å². The molecule has 434 valence electrons. The maximum atomic E-state index is 9.73. The van der Waals surface area contributed by atoms with E-state index in [0.29, 0.717) is 57.2 Å². The van der Waals surface area contributed by atoms with Gasteiger partial charge in [0.15, 0.2) is 34.9 Å². The molecule has 0 fully saturated rings. The fourth-order valence-corrected chi connectivity index (χ4v) is 12.0. The molecule has 0 saturated heterocycles. The molecule has 10 nitrogen and oxygen atoms in total. The van der Waals surface area contributed by atoms with Gasteiger partial charge in [0.05, 0.1) is 46.5 Å². The lowest BCUT2D eigenvalue weighted by atomic mass is 9.89. The van der Waals surface area contributed by atoms with E-state index in [1.165, 1.54) is 0 Å². The summed E-state index contributed by atoms with van der Waals surface area (Å²) in [5, 5.41) is 43.0. The molecular formula is C84H48N10. The topological polar surface area (TPSA) is 172 Å². The second-order valence-corrected chi connectivity index (χ2v) is 22.8. The van der Waals surface area contributed by atoms with Crippen molar-refractivity contribution in [3.8, 4) is 159 Å². The highest BCUT2D eigenvalue weighted by molar-refractivity contribution is 6.07. The van der Waals surface area contributed by atoms with E-state index >= 15 is 0 Å². The predicted octanol–water partition coefficient (Wildman–Crippen LogP) is 19.9. The molecule has 0 atom stereocenters. The van der Waals surface area contributed by atoms with Gasteiger partial charge in [0.1, 0.15) is 0 Å². The Bertz CT molecular complexity index is 5490. The summed E-state index contributed by atoms with van der Waals surface area (Å²) >= 11 is 0. The van der Waals surface area contributed by atoms with Crippen LogP contribution in [0.1, 0.15) is 22.3 Å². The minimum Gasteiger partial charge on any atom is -0.208 e. The molecule has 0 aliphatic rings. The summed E-state index contributed by atoms with van der Waals surface area (Å²) in [6, 6.07) is 106. The Morgan fingerprint density at radius 2 is 0.447 bits per heavy atom. The highest BCUT2D eigenvalue weighted by atomic mass is 15.0. The first-order valence-corrected chi connectivity index (χ1v) is 30.4. The summed E-state index contributed by atoms with van der Waals surface area (Å²) in [6.07, 6.45) is 0. The van der Waals surface area contributed by atoms with Crippen molar-refractivity contribution in [3.05, 3.63) is 313 Å². The van der Waals surface area contributed by atoms with Gasteiger partial charge in [-0.05, 0) is 143 Å². The lowest BCUT2D eigenvalue weighted by molar-refractivity contribution is 1.07. The van der Waals surface area contributed by atoms with Gasteiger partial charge >= 0.3 is 0 Å². The van der Waals surface area contributed by atoms with Crippen molar-refractivity contribution in [2.75, 3.05) is 0 Å². The summed E-state index contributed by atoms with van der Waals surface area (Å²) in [5.74, 6) is 3.41. The molecule has 0 radical (unpaired) electrons. The maximum absolute atomic E-state index is 9.73. The summed E-state index contributed by atoms with van der Waals surface area (Å²) in [6.45, 7) is 0. The third-order valence-electron chi connectivity index (χ3n) is 16.9. The maximum Gasteiger partial charge on any atom is 0.164 e. The van der Waals surface area contributed by atoms with E-state index in [4.69, 9.17) is 29.9 Å². The van der Waals surface area contributed by atoms with Crippen molar-refractivity contribution < 1.29 is 0 Å². The molecule has 0 spiro atoms. The number of hydrogen-bond acceptors (Lipinski definition) is 10. The first-order chi connectivity index (χ1) is 46.3. The van der Waals surface area contributed by atoms with Gasteiger partial charge in [-0.25, -0.2) is 29.9 Å². The molecule has 0 saturated carbocycles. The zero-order valence-electron chi connectivity index (χ0n) is 50.2. The molecule has 15 aromatic rings. The molecule has 10 heteroatoms. The van der Waals surface area contributed by atoms with Gasteiger partial charge in [0.25, 0.3) is 0 Å². The number of aromatic nitrogens is 6. The van der Waals surface area contributed by atoms with E-state index in [2.05, 4.69) is 170 Å². The van der Waals surface area contributed by atoms with Crippen LogP contribution in [0.5, 0.6) is 0 Å². The molecule has 2 heterocycles. The molecule has 0 bridgehead atoms. The second kappa shape index (κ2) is 24.7. The van der Waals surface area contributed by atoms with Crippen LogP contribution in [-0.4, -0.2) is 29.9 Å². The van der Waals surface area contributed by atoms with Gasteiger partial charge in [-0.2, -0.15) is 21.0 Å². The van der Waals surface area contributed by atoms with Crippen molar-refractivity contribution in [2.24, 2.45) is 0 Å². The van der Waals surface area contributed by atoms with Crippen molar-refractivity contribution in [1.82, 2.24) is 29.9 Å². The van der Waals surface area contributed by atoms with E-state index in [-0.39, 0.29) is 0 Å². The minimum atomic E-state index is 0.437. The van der Waals surface area contributed by atoms with Crippen LogP contribution in [0.15, 0.2) is 291 Å². The van der Waals surface area contributed by atoms with E-state index in [1.54, 1.807) is 12.1 Å². The summed E-state index contributed by atoms with van der Waals surface area (Å²) in [7, 11) is 0. The number of fused-ring (bicyclic) bond motifs is 2. The van der Waals surface area contributed by atoms with Gasteiger partial charge in [0, 0.05) is 33.4 Å². The smallest absolute Gasteiger partial charge is 0.164 e. The van der Waals surface area contributed by atoms with Crippen LogP contribution in [0.3, 0.4) is 0 Å². The van der Waals surface area contributed by atoms with Crippen molar-refractivity contribution in [3.63, 3.8) is 0 Å². The Morgan fingerprint density at radius 1 is 0.181 bits per heavy atom. The average Bonchev–Trinajstić information content (AvgIpc) is 0.789. The van der Waals surface area contributed by atoms with Gasteiger partial charge in [-0.3, -0.25) is 0 Å². The van der Waals surface area contributed by atoms with Gasteiger partial charge in [0.2, 0.25) is 0 Å². The molecule has 0 aliphatic carbocycles. The first-order valence-electron chi connectivity index (χ1n) is 30.4. The molecule has 2 aromatic heterocycles. The van der Waals surface area contributed by atoms with Crippen molar-refractivity contribution in [1.29, 1.82) is 21.0 Å². The average molecular weight is 1200 g/mol. The van der Waals surface area contributed by atoms with E-state index in [9.17, 15) is 21.0 Å². The monoisotopic (exact) mass is 1200 g/mol. The third-order valence-corrected chi connectivity index (χ3v) is 16.9. The zero-order chi connectivity index (χ0) is 63.5. The lowest BCUT2D eigenvalue weighted by Crippen LogP contribution is -2.00. The lowest BCUT2D eigenvalue weighted by Gasteiger charge is -2.15. The van der Waals surface area contributed by atoms with Crippen molar-refractivity contribution in [2.45, 2.75) is 0 Å². The highest BCUT2D eigenvalue weighted by Crippen LogP contribution is 2.41. The zero-order valence-corrected chi connectivity index (χ0v) is 50.2. The van der Waals surface area contributed by atoms with Crippen LogP contribution in [0.2, 0.25) is 0 Å². The first kappa shape index (κ1) is 56.8. The Morgan fingerprint density at radius 3 is 0.809 bits per heavy atom. The largest absolute Gasteiger partial charge is 0.208 e. The van der Waals surface area contributed by atoms with Crippen LogP contribution < -0.4 is 0 Å². The fraction of sp³-hybridized carbons (Fsp3) is 0. The fourth-order valence-electron chi connectivity index (χ4n) is 12.0. The Hall–Kier alpha value is -13.6. The Balaban J connectivity index is 0.776. The predicted molar refractivity (Wildman–Crippen MR) is 372 cm³/mol. The molecule has 0 N–H and O–H groups in total. The molecule has 0 aliphatic heterocycles. The van der Waals surface area contributed by atoms with Crippen LogP contribution in [0.25, 0.3) is 157 Å². The molecule has 94 heavy (non-hydrogen) atoms. The van der Waals surface area contributed by atoms with Gasteiger partial charge in [-0.15, -0.1) is 0 Å². The number of nitrogens with zero attached hydrogens (tertiary/aromatic N) is 10. The normalized spacial score (nSPS) is 10.9. The molecule has 0 unspecified atom stereocenters. The Labute approximate surface area is 542 Å². The van der Waals surface area contributed by atoms with Gasteiger partial charge in [-0.1, -0.05) is 237 Å². The van der Waals surface area contributed by atoms with Gasteiger partial charge < -0.3 is 0 Å². The summed E-state index contributed by atoms with van der Waals surface area (Å²) in [4.78, 5) is 30.2. The molecule has 15 rings (SSSR count). The quantitative estimate of drug-likeness (QED) is 0.115. The number of benzene rings is 13. The van der Waals surface area contributed by atoms with Crippen LogP contribution in [0.4, 0.5) is 0 Å². The number of nitriles is 4. The highest BCUT2D eigenvalue weighted by Gasteiger charge is 2.18. The van der Waals surface area contributed by atoms with Crippen molar-refractivity contribution >= 4 is 21.5 Å². The van der Waals surface area contributed by atoms with Crippen LogP contribution in [0, 0.1) is 45.3 Å². The third kappa shape index (κ3) is 11.5. The van der Waals surface area contributed by atoms with Crippen LogP contribution in [-0.2, 0) is 0 Å². The Kier molecular flexibility index (Phi) is 15.0. The standard InChI is InChI=1S/C84H48N10/c85-49-53-40-54(50-86)43-72(42-53)59-18-16-58(17-19-59)71-36-37-77-75(38-39-76(78(77)48-71)62-26-32-68(33-27-62)83-90-79(63-10-4-1-5-11-63)89-80(91-83)64-12-6-2-7-13-64)61-24-30-67(31-25-61)84-93-81(65-14-8-3-9-15-65)92-82(94-84)66-28-20-57(21-29-66)69-34-22-60-23-35-70(47-74(60)46-69)73-44-55(51-87)41-56(45-73)52-88/h1-48H. The minimum absolute atomic E-state index is 0.437. The van der Waals surface area contributed by atoms with Crippen LogP contribution >= 0.6 is 0 Å². The summed E-state index contributed by atoms with van der Waals surface area (Å²) in [5.41, 5.74) is 18.6. The molecular weight excluding hydrogens is 1150 g/mol. The van der Waals surface area contributed by atoms with E-state index < -0.39 is 0 Å². The molecule has 0 amide bonds. The van der Waals surface area contributed by atoms with E-state index in [1.807, 2.05) is 133 Å². The number of rotatable bonds is 12. The summed E-state index contributed by atoms with van der Waals surface area (Å²) < 4.78 is 0. The SMILES string of the molecule is N#Cc1cc(C#N)cc(-c2ccc(-c3ccc4c(-c5ccc(-c6nc(-c7ccccc7)nc(-c7ccc(-c8ccc9ccc(-c%10cc(C#N)cc(C#N)c%10)cc9c8)cc7)n6)cc5)ccc(-c5ccc(-c6nc(-c7ccccc7)nc(-c7ccccc7)n6)cc5)c4c3)cc2)c1. The number of hydrogen-bond donors (Lipinski definition) is 0. The second-order valence-electron chi connectivity index (χ2n) is 22.8. The molecule has 13 aromatic carbocycles.